The summed E-state index contributed by atoms with van der Waals surface area (Å²) in [7, 11) is 0. The molecule has 1 heterocycles. The van der Waals surface area contributed by atoms with Gasteiger partial charge >= 0.3 is 6.18 Å². The van der Waals surface area contributed by atoms with Gasteiger partial charge in [-0.1, -0.05) is 0 Å². The normalized spacial score (nSPS) is 13.8. The molecule has 0 aliphatic carbocycles. The Labute approximate surface area is 100 Å². The summed E-state index contributed by atoms with van der Waals surface area (Å²) >= 11 is 3.25. The number of pyridine rings is 1. The highest BCUT2D eigenvalue weighted by Crippen LogP contribution is 2.21. The zero-order chi connectivity index (χ0) is 12.2. The third-order valence-electron chi connectivity index (χ3n) is 1.95. The first kappa shape index (κ1) is 13.4. The van der Waals surface area contributed by atoms with E-state index in [-0.39, 0.29) is 0 Å². The van der Waals surface area contributed by atoms with Crippen molar-refractivity contribution >= 4 is 15.9 Å². The summed E-state index contributed by atoms with van der Waals surface area (Å²) in [5.41, 5.74) is 0.850. The van der Waals surface area contributed by atoms with Crippen LogP contribution < -0.4 is 5.32 Å². The van der Waals surface area contributed by atoms with E-state index < -0.39 is 18.6 Å². The largest absolute Gasteiger partial charge is 0.390 e. The van der Waals surface area contributed by atoms with Crippen molar-refractivity contribution < 1.29 is 13.2 Å². The molecule has 0 saturated heterocycles. The summed E-state index contributed by atoms with van der Waals surface area (Å²) in [6, 6.07) is 1.22. The van der Waals surface area contributed by atoms with E-state index in [1.54, 1.807) is 12.4 Å². The molecule has 0 fully saturated rings. The fourth-order valence-electron chi connectivity index (χ4n) is 1.26. The number of nitrogens with zero attached hydrogens (tertiary/aromatic N) is 1. The van der Waals surface area contributed by atoms with Crippen molar-refractivity contribution in [2.45, 2.75) is 32.1 Å². The Balaban J connectivity index is 2.40. The van der Waals surface area contributed by atoms with Gasteiger partial charge < -0.3 is 5.32 Å². The molecule has 1 aromatic heterocycles. The van der Waals surface area contributed by atoms with Crippen LogP contribution in [-0.2, 0) is 6.54 Å². The predicted octanol–water partition coefficient (Wildman–Crippen LogP) is 3.27. The Morgan fingerprint density at radius 2 is 2.12 bits per heavy atom. The highest BCUT2D eigenvalue weighted by atomic mass is 79.9. The van der Waals surface area contributed by atoms with Gasteiger partial charge in [0.2, 0.25) is 0 Å². The maximum atomic E-state index is 12.0. The molecule has 0 aliphatic rings. The van der Waals surface area contributed by atoms with Crippen molar-refractivity contribution in [3.05, 3.63) is 28.5 Å². The summed E-state index contributed by atoms with van der Waals surface area (Å²) in [6.45, 7) is 1.89. The lowest BCUT2D eigenvalue weighted by Crippen LogP contribution is -2.30. The van der Waals surface area contributed by atoms with Gasteiger partial charge in [0, 0.05) is 29.5 Å². The number of halogens is 4. The highest BCUT2D eigenvalue weighted by molar-refractivity contribution is 9.10. The molecule has 0 aromatic carbocycles. The first-order valence-corrected chi connectivity index (χ1v) is 5.55. The SMILES string of the molecule is CC(CC(F)(F)F)NCc1cncc(Br)c1. The van der Waals surface area contributed by atoms with Crippen molar-refractivity contribution in [3.8, 4) is 0 Å². The van der Waals surface area contributed by atoms with Gasteiger partial charge in [-0.3, -0.25) is 4.98 Å². The van der Waals surface area contributed by atoms with E-state index in [1.165, 1.54) is 6.92 Å². The number of nitrogens with one attached hydrogen (secondary N) is 1. The molecule has 1 atom stereocenters. The summed E-state index contributed by atoms with van der Waals surface area (Å²) in [5.74, 6) is 0. The molecule has 1 rings (SSSR count). The molecule has 0 amide bonds. The fourth-order valence-corrected chi connectivity index (χ4v) is 1.68. The van der Waals surface area contributed by atoms with E-state index in [1.807, 2.05) is 6.07 Å². The Kier molecular flexibility index (Phi) is 4.73. The highest BCUT2D eigenvalue weighted by Gasteiger charge is 2.29. The molecule has 0 bridgehead atoms. The topological polar surface area (TPSA) is 24.9 Å². The van der Waals surface area contributed by atoms with Crippen molar-refractivity contribution in [1.29, 1.82) is 0 Å². The smallest absolute Gasteiger partial charge is 0.310 e. The second-order valence-electron chi connectivity index (χ2n) is 3.61. The Morgan fingerprint density at radius 3 is 2.69 bits per heavy atom. The lowest BCUT2D eigenvalue weighted by molar-refractivity contribution is -0.139. The molecular weight excluding hydrogens is 285 g/mol. The second-order valence-corrected chi connectivity index (χ2v) is 4.53. The average molecular weight is 297 g/mol. The van der Waals surface area contributed by atoms with E-state index >= 15 is 0 Å². The van der Waals surface area contributed by atoms with Crippen LogP contribution in [0.2, 0.25) is 0 Å². The molecule has 1 N–H and O–H groups in total. The summed E-state index contributed by atoms with van der Waals surface area (Å²) in [5, 5.41) is 2.80. The van der Waals surface area contributed by atoms with E-state index in [2.05, 4.69) is 26.2 Å². The molecule has 2 nitrogen and oxygen atoms in total. The number of hydrogen-bond donors (Lipinski definition) is 1. The number of alkyl halides is 3. The van der Waals surface area contributed by atoms with E-state index in [4.69, 9.17) is 0 Å². The van der Waals surface area contributed by atoms with E-state index in [0.717, 1.165) is 10.0 Å². The van der Waals surface area contributed by atoms with Crippen LogP contribution in [-0.4, -0.2) is 17.2 Å². The van der Waals surface area contributed by atoms with Gasteiger partial charge in [0.25, 0.3) is 0 Å². The molecule has 0 saturated carbocycles. The summed E-state index contributed by atoms with van der Waals surface area (Å²) < 4.78 is 36.9. The molecule has 16 heavy (non-hydrogen) atoms. The van der Waals surface area contributed by atoms with E-state index in [0.29, 0.717) is 6.54 Å². The molecular formula is C10H12BrF3N2. The van der Waals surface area contributed by atoms with Crippen molar-refractivity contribution in [2.75, 3.05) is 0 Å². The van der Waals surface area contributed by atoms with Crippen molar-refractivity contribution in [2.24, 2.45) is 0 Å². The molecule has 1 unspecified atom stereocenters. The number of hydrogen-bond acceptors (Lipinski definition) is 2. The zero-order valence-electron chi connectivity index (χ0n) is 8.68. The molecule has 6 heteroatoms. The molecule has 0 spiro atoms. The van der Waals surface area contributed by atoms with Crippen LogP contribution in [0.4, 0.5) is 13.2 Å². The second kappa shape index (κ2) is 5.63. The zero-order valence-corrected chi connectivity index (χ0v) is 10.3. The van der Waals surface area contributed by atoms with Gasteiger partial charge in [0.15, 0.2) is 0 Å². The minimum Gasteiger partial charge on any atom is -0.310 e. The molecule has 0 aliphatic heterocycles. The van der Waals surface area contributed by atoms with Crippen LogP contribution in [0.15, 0.2) is 22.9 Å². The maximum absolute atomic E-state index is 12.0. The molecule has 0 radical (unpaired) electrons. The van der Waals surface area contributed by atoms with Crippen LogP contribution in [0.5, 0.6) is 0 Å². The maximum Gasteiger partial charge on any atom is 0.390 e. The Morgan fingerprint density at radius 1 is 1.44 bits per heavy atom. The Hall–Kier alpha value is -0.620. The summed E-state index contributed by atoms with van der Waals surface area (Å²) in [6.07, 6.45) is -1.70. The number of aromatic nitrogens is 1. The van der Waals surface area contributed by atoms with Gasteiger partial charge in [0.05, 0.1) is 6.42 Å². The lowest BCUT2D eigenvalue weighted by atomic mass is 10.2. The van der Waals surface area contributed by atoms with Crippen LogP contribution in [0.1, 0.15) is 18.9 Å². The third kappa shape index (κ3) is 5.46. The number of rotatable bonds is 4. The lowest BCUT2D eigenvalue weighted by Gasteiger charge is -2.15. The van der Waals surface area contributed by atoms with Crippen molar-refractivity contribution in [3.63, 3.8) is 0 Å². The summed E-state index contributed by atoms with van der Waals surface area (Å²) in [4.78, 5) is 3.93. The minimum atomic E-state index is -4.12. The Bertz CT molecular complexity index is 341. The van der Waals surface area contributed by atoms with Gasteiger partial charge in [-0.15, -0.1) is 0 Å². The van der Waals surface area contributed by atoms with Crippen LogP contribution >= 0.6 is 15.9 Å². The van der Waals surface area contributed by atoms with Crippen molar-refractivity contribution in [1.82, 2.24) is 10.3 Å². The fraction of sp³-hybridized carbons (Fsp3) is 0.500. The standard InChI is InChI=1S/C10H12BrF3N2/c1-7(3-10(12,13)14)16-5-8-2-9(11)6-15-4-8/h2,4,6-7,16H,3,5H2,1H3. The van der Waals surface area contributed by atoms with Crippen LogP contribution in [0.25, 0.3) is 0 Å². The van der Waals surface area contributed by atoms with Gasteiger partial charge in [0.1, 0.15) is 0 Å². The van der Waals surface area contributed by atoms with E-state index in [9.17, 15) is 13.2 Å². The average Bonchev–Trinajstić information content (AvgIpc) is 2.12. The van der Waals surface area contributed by atoms with Crippen LogP contribution in [0.3, 0.4) is 0 Å². The van der Waals surface area contributed by atoms with Gasteiger partial charge in [-0.2, -0.15) is 13.2 Å². The third-order valence-corrected chi connectivity index (χ3v) is 2.39. The minimum absolute atomic E-state index is 0.379. The van der Waals surface area contributed by atoms with Gasteiger partial charge in [-0.05, 0) is 34.5 Å². The predicted molar refractivity (Wildman–Crippen MR) is 58.9 cm³/mol. The van der Waals surface area contributed by atoms with Crippen LogP contribution in [0, 0.1) is 0 Å². The first-order chi connectivity index (χ1) is 7.37. The van der Waals surface area contributed by atoms with Gasteiger partial charge in [-0.25, -0.2) is 0 Å². The monoisotopic (exact) mass is 296 g/mol. The quantitative estimate of drug-likeness (QED) is 0.922. The first-order valence-electron chi connectivity index (χ1n) is 4.76. The molecule has 1 aromatic rings. The molecule has 90 valence electrons.